The summed E-state index contributed by atoms with van der Waals surface area (Å²) in [6.45, 7) is 16.4. The molecule has 4 heteroatoms. The monoisotopic (exact) mass is 290 g/mol. The number of hydrogen-bond acceptors (Lipinski definition) is 4. The van der Waals surface area contributed by atoms with E-state index in [0.29, 0.717) is 5.41 Å². The molecule has 2 heterocycles. The van der Waals surface area contributed by atoms with Gasteiger partial charge in [-0.15, -0.1) is 0 Å². The van der Waals surface area contributed by atoms with Crippen LogP contribution in [0.2, 0.25) is 0 Å². The molecular formula is C17H30N4. The summed E-state index contributed by atoms with van der Waals surface area (Å²) >= 11 is 0. The van der Waals surface area contributed by atoms with Gasteiger partial charge in [-0.1, -0.05) is 34.6 Å². The zero-order valence-electron chi connectivity index (χ0n) is 14.5. The molecule has 1 aromatic heterocycles. The fourth-order valence-corrected chi connectivity index (χ4v) is 2.54. The van der Waals surface area contributed by atoms with Crippen molar-refractivity contribution in [3.8, 4) is 0 Å². The highest BCUT2D eigenvalue weighted by Gasteiger charge is 2.27. The van der Waals surface area contributed by atoms with Crippen molar-refractivity contribution >= 4 is 11.6 Å². The van der Waals surface area contributed by atoms with Crippen LogP contribution in [0.3, 0.4) is 0 Å². The molecule has 2 rings (SSSR count). The van der Waals surface area contributed by atoms with E-state index in [-0.39, 0.29) is 5.41 Å². The maximum atomic E-state index is 4.83. The fourth-order valence-electron chi connectivity index (χ4n) is 2.54. The summed E-state index contributed by atoms with van der Waals surface area (Å²) in [5.41, 5.74) is 0.427. The lowest BCUT2D eigenvalue weighted by molar-refractivity contribution is 0.279. The Morgan fingerprint density at radius 3 is 2.33 bits per heavy atom. The molecule has 0 amide bonds. The zero-order chi connectivity index (χ0) is 15.7. The Morgan fingerprint density at radius 1 is 1.19 bits per heavy atom. The van der Waals surface area contributed by atoms with Crippen LogP contribution in [0.15, 0.2) is 6.07 Å². The summed E-state index contributed by atoms with van der Waals surface area (Å²) in [5, 5.41) is 3.34. The van der Waals surface area contributed by atoms with Gasteiger partial charge < -0.3 is 10.2 Å². The van der Waals surface area contributed by atoms with Gasteiger partial charge in [0.2, 0.25) is 0 Å². The molecule has 1 aliphatic rings. The van der Waals surface area contributed by atoms with E-state index in [2.05, 4.69) is 62.8 Å². The molecule has 0 aromatic carbocycles. The van der Waals surface area contributed by atoms with Crippen LogP contribution in [-0.2, 0) is 5.41 Å². The van der Waals surface area contributed by atoms with Gasteiger partial charge >= 0.3 is 0 Å². The third kappa shape index (κ3) is 4.08. The summed E-state index contributed by atoms with van der Waals surface area (Å²) in [6.07, 6.45) is 2.44. The second-order valence-corrected chi connectivity index (χ2v) is 7.87. The van der Waals surface area contributed by atoms with Gasteiger partial charge in [-0.2, -0.15) is 0 Å². The molecule has 0 saturated carbocycles. The molecule has 4 nitrogen and oxygen atoms in total. The van der Waals surface area contributed by atoms with Crippen LogP contribution in [0.1, 0.15) is 60.2 Å². The molecular weight excluding hydrogens is 260 g/mol. The zero-order valence-corrected chi connectivity index (χ0v) is 14.5. The third-order valence-corrected chi connectivity index (χ3v) is 4.18. The molecule has 0 spiro atoms. The van der Waals surface area contributed by atoms with Crippen LogP contribution in [0.4, 0.5) is 11.6 Å². The highest BCUT2D eigenvalue weighted by Crippen LogP contribution is 2.32. The highest BCUT2D eigenvalue weighted by atomic mass is 15.2. The molecule has 1 saturated heterocycles. The van der Waals surface area contributed by atoms with Crippen molar-refractivity contribution in [3.05, 3.63) is 11.9 Å². The summed E-state index contributed by atoms with van der Waals surface area (Å²) < 4.78 is 0. The molecule has 0 bridgehead atoms. The van der Waals surface area contributed by atoms with Crippen molar-refractivity contribution in [3.63, 3.8) is 0 Å². The Kier molecular flexibility index (Phi) is 4.45. The number of nitrogens with zero attached hydrogens (tertiary/aromatic N) is 3. The number of rotatable bonds is 3. The van der Waals surface area contributed by atoms with Crippen molar-refractivity contribution in [2.75, 3.05) is 29.9 Å². The van der Waals surface area contributed by atoms with Crippen LogP contribution in [-0.4, -0.2) is 29.6 Å². The highest BCUT2D eigenvalue weighted by molar-refractivity contribution is 5.50. The minimum Gasteiger partial charge on any atom is -0.370 e. The normalized spacial score (nSPS) is 18.7. The Labute approximate surface area is 129 Å². The summed E-state index contributed by atoms with van der Waals surface area (Å²) in [4.78, 5) is 11.9. The first-order valence-electron chi connectivity index (χ1n) is 8.10. The van der Waals surface area contributed by atoms with E-state index < -0.39 is 0 Å². The quantitative estimate of drug-likeness (QED) is 0.918. The number of piperidine rings is 1. The molecule has 1 N–H and O–H groups in total. The second kappa shape index (κ2) is 5.82. The second-order valence-electron chi connectivity index (χ2n) is 7.87. The van der Waals surface area contributed by atoms with Crippen LogP contribution in [0.5, 0.6) is 0 Å². The van der Waals surface area contributed by atoms with Gasteiger partial charge in [0.1, 0.15) is 17.5 Å². The summed E-state index contributed by atoms with van der Waals surface area (Å²) in [7, 11) is 0. The van der Waals surface area contributed by atoms with Gasteiger partial charge in [0, 0.05) is 31.1 Å². The first-order valence-corrected chi connectivity index (χ1v) is 8.10. The van der Waals surface area contributed by atoms with Gasteiger partial charge in [-0.3, -0.25) is 0 Å². The molecule has 118 valence electrons. The average Bonchev–Trinajstić information content (AvgIpc) is 2.37. The minimum atomic E-state index is -0.0325. The number of aromatic nitrogens is 2. The van der Waals surface area contributed by atoms with Crippen molar-refractivity contribution < 1.29 is 0 Å². The molecule has 1 fully saturated rings. The summed E-state index contributed by atoms with van der Waals surface area (Å²) in [6, 6.07) is 2.09. The molecule has 1 aromatic rings. The van der Waals surface area contributed by atoms with E-state index in [1.807, 2.05) is 0 Å². The van der Waals surface area contributed by atoms with Gasteiger partial charge in [-0.05, 0) is 25.2 Å². The molecule has 0 aliphatic carbocycles. The molecule has 0 unspecified atom stereocenters. The van der Waals surface area contributed by atoms with Gasteiger partial charge in [0.05, 0.1) is 0 Å². The maximum Gasteiger partial charge on any atom is 0.138 e. The lowest BCUT2D eigenvalue weighted by Gasteiger charge is -2.38. The Morgan fingerprint density at radius 2 is 1.81 bits per heavy atom. The topological polar surface area (TPSA) is 41.0 Å². The lowest BCUT2D eigenvalue weighted by Crippen LogP contribution is -2.38. The smallest absolute Gasteiger partial charge is 0.138 e. The Hall–Kier alpha value is -1.32. The van der Waals surface area contributed by atoms with E-state index in [9.17, 15) is 0 Å². The van der Waals surface area contributed by atoms with Crippen LogP contribution >= 0.6 is 0 Å². The lowest BCUT2D eigenvalue weighted by atomic mass is 9.83. The van der Waals surface area contributed by atoms with Crippen molar-refractivity contribution in [1.82, 2.24) is 9.97 Å². The van der Waals surface area contributed by atoms with E-state index >= 15 is 0 Å². The van der Waals surface area contributed by atoms with Crippen LogP contribution in [0.25, 0.3) is 0 Å². The molecule has 0 atom stereocenters. The van der Waals surface area contributed by atoms with Gasteiger partial charge in [-0.25, -0.2) is 9.97 Å². The number of hydrogen-bond donors (Lipinski definition) is 1. The molecule has 0 radical (unpaired) electrons. The van der Waals surface area contributed by atoms with Crippen molar-refractivity contribution in [2.45, 2.75) is 59.8 Å². The average molecular weight is 290 g/mol. The largest absolute Gasteiger partial charge is 0.370 e. The van der Waals surface area contributed by atoms with Crippen LogP contribution < -0.4 is 10.2 Å². The molecule has 21 heavy (non-hydrogen) atoms. The Bertz CT molecular complexity index is 478. The maximum absolute atomic E-state index is 4.83. The first kappa shape index (κ1) is 16.1. The standard InChI is InChI=1S/C17H30N4/c1-7-18-13-12-14(20-15(19-13)16(2,3)4)21-10-8-17(5,6)9-11-21/h12H,7-11H2,1-6H3,(H,18,19,20). The van der Waals surface area contributed by atoms with Gasteiger partial charge in [0.25, 0.3) is 0 Å². The van der Waals surface area contributed by atoms with Gasteiger partial charge in [0.15, 0.2) is 0 Å². The number of nitrogens with one attached hydrogen (secondary N) is 1. The predicted molar refractivity (Wildman–Crippen MR) is 90.1 cm³/mol. The fraction of sp³-hybridized carbons (Fsp3) is 0.765. The van der Waals surface area contributed by atoms with E-state index in [1.165, 1.54) is 12.8 Å². The van der Waals surface area contributed by atoms with E-state index in [1.54, 1.807) is 0 Å². The number of anilines is 2. The van der Waals surface area contributed by atoms with Crippen molar-refractivity contribution in [2.24, 2.45) is 5.41 Å². The van der Waals surface area contributed by atoms with Crippen LogP contribution in [0, 0.1) is 5.41 Å². The van der Waals surface area contributed by atoms with E-state index in [0.717, 1.165) is 37.1 Å². The Balaban J connectivity index is 2.28. The van der Waals surface area contributed by atoms with E-state index in [4.69, 9.17) is 4.98 Å². The first-order chi connectivity index (χ1) is 9.71. The SMILES string of the molecule is CCNc1cc(N2CCC(C)(C)CC2)nc(C(C)(C)C)n1. The predicted octanol–water partition coefficient (Wildman–Crippen LogP) is 3.83. The summed E-state index contributed by atoms with van der Waals surface area (Å²) in [5.74, 6) is 2.93. The van der Waals surface area contributed by atoms with Crippen molar-refractivity contribution in [1.29, 1.82) is 0 Å². The third-order valence-electron chi connectivity index (χ3n) is 4.18. The minimum absolute atomic E-state index is 0.0325. The molecule has 1 aliphatic heterocycles.